The molecule has 25 heavy (non-hydrogen) atoms. The Balaban J connectivity index is 1.84. The number of nitrogens with zero attached hydrogens (tertiary/aromatic N) is 4. The molecule has 1 amide bonds. The van der Waals surface area contributed by atoms with Crippen LogP contribution in [0.5, 0.6) is 0 Å². The molecular formula is C19H26N4O2. The Morgan fingerprint density at radius 3 is 2.64 bits per heavy atom. The van der Waals surface area contributed by atoms with Gasteiger partial charge in [-0.05, 0) is 39.1 Å². The molecule has 1 saturated heterocycles. The molecule has 2 atom stereocenters. The van der Waals surface area contributed by atoms with Crippen molar-refractivity contribution >= 4 is 16.8 Å². The number of aryl methyl sites for hydroxylation is 1. The van der Waals surface area contributed by atoms with E-state index >= 15 is 0 Å². The van der Waals surface area contributed by atoms with E-state index in [-0.39, 0.29) is 18.0 Å². The molecule has 0 radical (unpaired) electrons. The molecule has 0 unspecified atom stereocenters. The fourth-order valence-corrected chi connectivity index (χ4v) is 3.74. The monoisotopic (exact) mass is 342 g/mol. The average molecular weight is 342 g/mol. The minimum absolute atomic E-state index is 0.00918. The van der Waals surface area contributed by atoms with Gasteiger partial charge in [0.2, 0.25) is 5.91 Å². The molecular weight excluding hydrogens is 316 g/mol. The summed E-state index contributed by atoms with van der Waals surface area (Å²) in [6.45, 7) is 5.48. The number of hydrogen-bond acceptors (Lipinski definition) is 4. The first-order chi connectivity index (χ1) is 11.9. The van der Waals surface area contributed by atoms with Gasteiger partial charge in [0, 0.05) is 19.1 Å². The Kier molecular flexibility index (Phi) is 4.90. The minimum atomic E-state index is -0.146. The first kappa shape index (κ1) is 17.6. The highest BCUT2D eigenvalue weighted by Crippen LogP contribution is 2.23. The fourth-order valence-electron chi connectivity index (χ4n) is 3.74. The van der Waals surface area contributed by atoms with Gasteiger partial charge in [0.05, 0.1) is 10.9 Å². The van der Waals surface area contributed by atoms with Crippen molar-refractivity contribution in [3.63, 3.8) is 0 Å². The first-order valence-electron chi connectivity index (χ1n) is 8.82. The Morgan fingerprint density at radius 2 is 2.00 bits per heavy atom. The van der Waals surface area contributed by atoms with Crippen molar-refractivity contribution in [1.29, 1.82) is 0 Å². The third kappa shape index (κ3) is 3.31. The van der Waals surface area contributed by atoms with Gasteiger partial charge < -0.3 is 9.80 Å². The highest BCUT2D eigenvalue weighted by Gasteiger charge is 2.35. The molecule has 6 nitrogen and oxygen atoms in total. The number of rotatable bonds is 4. The summed E-state index contributed by atoms with van der Waals surface area (Å²) >= 11 is 0. The lowest BCUT2D eigenvalue weighted by atomic mass is 10.0. The second-order valence-corrected chi connectivity index (χ2v) is 7.07. The number of benzene rings is 1. The number of aromatic nitrogens is 2. The van der Waals surface area contributed by atoms with Crippen molar-refractivity contribution in [2.24, 2.45) is 5.92 Å². The van der Waals surface area contributed by atoms with E-state index in [1.54, 1.807) is 13.0 Å². The zero-order chi connectivity index (χ0) is 18.1. The lowest BCUT2D eigenvalue weighted by Crippen LogP contribution is -2.38. The van der Waals surface area contributed by atoms with Crippen LogP contribution in [0, 0.1) is 12.8 Å². The van der Waals surface area contributed by atoms with Crippen molar-refractivity contribution in [2.45, 2.75) is 32.9 Å². The number of amides is 1. The van der Waals surface area contributed by atoms with Crippen LogP contribution in [-0.4, -0.2) is 58.5 Å². The number of para-hydroxylation sites is 1. The van der Waals surface area contributed by atoms with Gasteiger partial charge >= 0.3 is 0 Å². The summed E-state index contributed by atoms with van der Waals surface area (Å²) < 4.78 is 1.49. The van der Waals surface area contributed by atoms with Gasteiger partial charge in [-0.2, -0.15) is 0 Å². The van der Waals surface area contributed by atoms with Crippen molar-refractivity contribution < 1.29 is 4.79 Å². The lowest BCUT2D eigenvalue weighted by Gasteiger charge is -2.23. The van der Waals surface area contributed by atoms with E-state index in [0.717, 1.165) is 19.5 Å². The van der Waals surface area contributed by atoms with Crippen LogP contribution in [0.3, 0.4) is 0 Å². The Labute approximate surface area is 148 Å². The first-order valence-corrected chi connectivity index (χ1v) is 8.82. The summed E-state index contributed by atoms with van der Waals surface area (Å²) in [5.41, 5.74) is 0.528. The number of likely N-dealkylation sites (N-methyl/N-ethyl adjacent to an activating group) is 1. The third-order valence-corrected chi connectivity index (χ3v) is 5.29. The fraction of sp³-hybridized carbons (Fsp3) is 0.526. The van der Waals surface area contributed by atoms with Crippen LogP contribution in [0.2, 0.25) is 0 Å². The predicted octanol–water partition coefficient (Wildman–Crippen LogP) is 1.50. The molecule has 3 rings (SSSR count). The summed E-state index contributed by atoms with van der Waals surface area (Å²) in [7, 11) is 4.12. The summed E-state index contributed by atoms with van der Waals surface area (Å²) in [6, 6.07) is 7.64. The standard InChI is InChI=1S/C19H26N4O2/c1-5-14-10-22(11-17(14)21(3)4)18(24)12-23-13(2)20-16-9-7-6-8-15(16)19(23)25/h6-9,14,17H,5,10-12H2,1-4H3/t14-,17+/m1/s1. The van der Waals surface area contributed by atoms with Crippen LogP contribution >= 0.6 is 0 Å². The minimum Gasteiger partial charge on any atom is -0.339 e. The van der Waals surface area contributed by atoms with Crippen LogP contribution in [0.15, 0.2) is 29.1 Å². The summed E-state index contributed by atoms with van der Waals surface area (Å²) in [5.74, 6) is 1.05. The van der Waals surface area contributed by atoms with E-state index in [9.17, 15) is 9.59 Å². The number of likely N-dealkylation sites (tertiary alicyclic amines) is 1. The van der Waals surface area contributed by atoms with Gasteiger partial charge in [-0.15, -0.1) is 0 Å². The van der Waals surface area contributed by atoms with Gasteiger partial charge in [0.1, 0.15) is 12.4 Å². The topological polar surface area (TPSA) is 58.4 Å². The van der Waals surface area contributed by atoms with Crippen LogP contribution < -0.4 is 5.56 Å². The maximum atomic E-state index is 12.8. The van der Waals surface area contributed by atoms with Crippen LogP contribution in [0.1, 0.15) is 19.2 Å². The molecule has 0 bridgehead atoms. The molecule has 6 heteroatoms. The van der Waals surface area contributed by atoms with E-state index < -0.39 is 0 Å². The summed E-state index contributed by atoms with van der Waals surface area (Å²) in [5, 5.41) is 0.555. The molecule has 1 aliphatic rings. The molecule has 1 fully saturated rings. The quantitative estimate of drug-likeness (QED) is 0.845. The number of fused-ring (bicyclic) bond motifs is 1. The van der Waals surface area contributed by atoms with Gasteiger partial charge in [0.25, 0.3) is 5.56 Å². The Bertz CT molecular complexity index is 843. The van der Waals surface area contributed by atoms with Crippen molar-refractivity contribution in [3.8, 4) is 0 Å². The molecule has 2 aromatic rings. The number of carbonyl (C=O) groups is 1. The van der Waals surface area contributed by atoms with E-state index in [1.165, 1.54) is 4.57 Å². The van der Waals surface area contributed by atoms with Crippen molar-refractivity contribution in [3.05, 3.63) is 40.4 Å². The maximum Gasteiger partial charge on any atom is 0.261 e. The molecule has 0 aliphatic carbocycles. The largest absolute Gasteiger partial charge is 0.339 e. The van der Waals surface area contributed by atoms with E-state index in [0.29, 0.717) is 28.7 Å². The zero-order valence-electron chi connectivity index (χ0n) is 15.4. The van der Waals surface area contributed by atoms with Crippen LogP contribution in [0.4, 0.5) is 0 Å². The van der Waals surface area contributed by atoms with Crippen molar-refractivity contribution in [1.82, 2.24) is 19.4 Å². The van der Waals surface area contributed by atoms with E-state index in [2.05, 4.69) is 30.9 Å². The third-order valence-electron chi connectivity index (χ3n) is 5.29. The average Bonchev–Trinajstić information content (AvgIpc) is 3.03. The number of carbonyl (C=O) groups excluding carboxylic acids is 1. The lowest BCUT2D eigenvalue weighted by molar-refractivity contribution is -0.131. The highest BCUT2D eigenvalue weighted by molar-refractivity contribution is 5.79. The summed E-state index contributed by atoms with van der Waals surface area (Å²) in [6.07, 6.45) is 1.04. The SMILES string of the molecule is CC[C@@H]1CN(C(=O)Cn2c(C)nc3ccccc3c2=O)C[C@@H]1N(C)C. The maximum absolute atomic E-state index is 12.8. The van der Waals surface area contributed by atoms with Gasteiger partial charge in [0.15, 0.2) is 0 Å². The number of hydrogen-bond donors (Lipinski definition) is 0. The highest BCUT2D eigenvalue weighted by atomic mass is 16.2. The van der Waals surface area contributed by atoms with Gasteiger partial charge in [-0.3, -0.25) is 14.2 Å². The Morgan fingerprint density at radius 1 is 1.28 bits per heavy atom. The van der Waals surface area contributed by atoms with Gasteiger partial charge in [-0.1, -0.05) is 25.5 Å². The van der Waals surface area contributed by atoms with E-state index in [4.69, 9.17) is 0 Å². The Hall–Kier alpha value is -2.21. The molecule has 0 N–H and O–H groups in total. The van der Waals surface area contributed by atoms with Crippen LogP contribution in [0.25, 0.3) is 10.9 Å². The zero-order valence-corrected chi connectivity index (χ0v) is 15.4. The van der Waals surface area contributed by atoms with Gasteiger partial charge in [-0.25, -0.2) is 4.98 Å². The molecule has 1 aliphatic heterocycles. The smallest absolute Gasteiger partial charge is 0.261 e. The molecule has 2 heterocycles. The predicted molar refractivity (Wildman–Crippen MR) is 98.6 cm³/mol. The van der Waals surface area contributed by atoms with E-state index in [1.807, 2.05) is 23.1 Å². The van der Waals surface area contributed by atoms with Crippen LogP contribution in [-0.2, 0) is 11.3 Å². The summed E-state index contributed by atoms with van der Waals surface area (Å²) in [4.78, 5) is 34.1. The second-order valence-electron chi connectivity index (χ2n) is 7.07. The molecule has 0 spiro atoms. The van der Waals surface area contributed by atoms with Crippen molar-refractivity contribution in [2.75, 3.05) is 27.2 Å². The second kappa shape index (κ2) is 6.96. The molecule has 134 valence electrons. The molecule has 1 aromatic carbocycles. The molecule has 0 saturated carbocycles. The molecule has 1 aromatic heterocycles. The normalized spacial score (nSPS) is 20.6.